The number of anilines is 2. The molecule has 0 aliphatic heterocycles. The number of ether oxygens (including phenoxy) is 1. The average Bonchev–Trinajstić information content (AvgIpc) is 2.44. The number of nitrogens with one attached hydrogen (secondary N) is 1. The lowest BCUT2D eigenvalue weighted by Crippen LogP contribution is -2.13. The summed E-state index contributed by atoms with van der Waals surface area (Å²) >= 11 is 4.65. The minimum absolute atomic E-state index is 0.00393. The van der Waals surface area contributed by atoms with Crippen molar-refractivity contribution >= 4 is 28.6 Å². The summed E-state index contributed by atoms with van der Waals surface area (Å²) in [6, 6.07) is 9.58. The first-order valence-corrected chi connectivity index (χ1v) is 6.12. The molecule has 6 heteroatoms. The van der Waals surface area contributed by atoms with E-state index in [1.165, 1.54) is 19.2 Å². The van der Waals surface area contributed by atoms with Crippen LogP contribution in [0.15, 0.2) is 36.4 Å². The molecule has 20 heavy (non-hydrogen) atoms. The highest BCUT2D eigenvalue weighted by Crippen LogP contribution is 2.26. The van der Waals surface area contributed by atoms with Crippen molar-refractivity contribution in [3.05, 3.63) is 53.6 Å². The van der Waals surface area contributed by atoms with Gasteiger partial charge in [-0.05, 0) is 24.3 Å². The predicted octanol–water partition coefficient (Wildman–Crippen LogP) is 3.35. The van der Waals surface area contributed by atoms with Gasteiger partial charge in [0, 0.05) is 17.3 Å². The van der Waals surface area contributed by atoms with E-state index in [9.17, 15) is 8.78 Å². The molecule has 0 saturated carbocycles. The summed E-state index contributed by atoms with van der Waals surface area (Å²) in [5.74, 6) is -1.49. The first-order valence-electron chi connectivity index (χ1n) is 5.72. The van der Waals surface area contributed by atoms with Gasteiger partial charge < -0.3 is 15.8 Å². The summed E-state index contributed by atoms with van der Waals surface area (Å²) in [6.45, 7) is 0. The molecule has 2 aromatic rings. The maximum absolute atomic E-state index is 13.9. The molecule has 0 aliphatic carbocycles. The standard InChI is InChI=1S/C14H12F2N2OS/c1-19-9-4-2-3-8(7-9)18-11-6-5-10(14(17)20)12(15)13(11)16/h2-7,18H,1H3,(H2,17,20). The topological polar surface area (TPSA) is 47.3 Å². The van der Waals surface area contributed by atoms with E-state index in [-0.39, 0.29) is 16.2 Å². The monoisotopic (exact) mass is 294 g/mol. The molecule has 0 fully saturated rings. The second-order valence-corrected chi connectivity index (χ2v) is 4.45. The Balaban J connectivity index is 2.34. The predicted molar refractivity (Wildman–Crippen MR) is 78.5 cm³/mol. The summed E-state index contributed by atoms with van der Waals surface area (Å²) in [6.07, 6.45) is 0. The van der Waals surface area contributed by atoms with Gasteiger partial charge in [0.05, 0.1) is 12.8 Å². The summed E-state index contributed by atoms with van der Waals surface area (Å²) in [7, 11) is 1.52. The maximum Gasteiger partial charge on any atom is 0.182 e. The largest absolute Gasteiger partial charge is 0.497 e. The zero-order valence-electron chi connectivity index (χ0n) is 10.6. The van der Waals surface area contributed by atoms with Crippen molar-refractivity contribution in [2.45, 2.75) is 0 Å². The second kappa shape index (κ2) is 5.83. The third kappa shape index (κ3) is 2.85. The van der Waals surface area contributed by atoms with Crippen LogP contribution in [0.2, 0.25) is 0 Å². The third-order valence-electron chi connectivity index (χ3n) is 2.70. The zero-order valence-corrected chi connectivity index (χ0v) is 11.4. The summed E-state index contributed by atoms with van der Waals surface area (Å²) in [4.78, 5) is -0.186. The lowest BCUT2D eigenvalue weighted by atomic mass is 10.1. The van der Waals surface area contributed by atoms with Crippen LogP contribution in [0.1, 0.15) is 5.56 Å². The molecule has 0 radical (unpaired) electrons. The summed E-state index contributed by atoms with van der Waals surface area (Å²) in [5, 5.41) is 2.77. The quantitative estimate of drug-likeness (QED) is 0.849. The van der Waals surface area contributed by atoms with Crippen molar-refractivity contribution in [1.29, 1.82) is 0 Å². The summed E-state index contributed by atoms with van der Waals surface area (Å²) in [5.41, 5.74) is 5.77. The van der Waals surface area contributed by atoms with Crippen LogP contribution in [-0.2, 0) is 0 Å². The van der Waals surface area contributed by atoms with E-state index in [2.05, 4.69) is 17.5 Å². The minimum Gasteiger partial charge on any atom is -0.497 e. The molecular formula is C14H12F2N2OS. The fourth-order valence-electron chi connectivity index (χ4n) is 1.69. The van der Waals surface area contributed by atoms with Gasteiger partial charge in [-0.25, -0.2) is 8.78 Å². The minimum atomic E-state index is -1.06. The number of benzene rings is 2. The van der Waals surface area contributed by atoms with Crippen molar-refractivity contribution in [2.24, 2.45) is 5.73 Å². The number of halogens is 2. The molecule has 3 N–H and O–H groups in total. The van der Waals surface area contributed by atoms with Gasteiger partial charge in [0.1, 0.15) is 10.7 Å². The van der Waals surface area contributed by atoms with E-state index in [0.717, 1.165) is 0 Å². The van der Waals surface area contributed by atoms with E-state index >= 15 is 0 Å². The van der Waals surface area contributed by atoms with Crippen molar-refractivity contribution in [2.75, 3.05) is 12.4 Å². The van der Waals surface area contributed by atoms with Gasteiger partial charge in [0.2, 0.25) is 0 Å². The van der Waals surface area contributed by atoms with E-state index < -0.39 is 11.6 Å². The Hall–Kier alpha value is -2.21. The van der Waals surface area contributed by atoms with Crippen molar-refractivity contribution in [1.82, 2.24) is 0 Å². The van der Waals surface area contributed by atoms with Crippen LogP contribution in [0.3, 0.4) is 0 Å². The Morgan fingerprint density at radius 3 is 2.60 bits per heavy atom. The molecule has 0 atom stereocenters. The Morgan fingerprint density at radius 2 is 1.95 bits per heavy atom. The first-order chi connectivity index (χ1) is 9.52. The Kier molecular flexibility index (Phi) is 4.14. The lowest BCUT2D eigenvalue weighted by Gasteiger charge is -2.11. The fourth-order valence-corrected chi connectivity index (χ4v) is 1.85. The highest BCUT2D eigenvalue weighted by molar-refractivity contribution is 7.80. The number of hydrogen-bond donors (Lipinski definition) is 2. The van der Waals surface area contributed by atoms with Gasteiger partial charge in [-0.2, -0.15) is 0 Å². The van der Waals surface area contributed by atoms with Crippen LogP contribution in [0.4, 0.5) is 20.2 Å². The molecule has 0 amide bonds. The van der Waals surface area contributed by atoms with Crippen LogP contribution >= 0.6 is 12.2 Å². The third-order valence-corrected chi connectivity index (χ3v) is 2.92. The van der Waals surface area contributed by atoms with Crippen molar-refractivity contribution in [3.8, 4) is 5.75 Å². The molecule has 0 heterocycles. The van der Waals surface area contributed by atoms with E-state index in [1.807, 2.05) is 0 Å². The molecule has 2 rings (SSSR count). The van der Waals surface area contributed by atoms with Gasteiger partial charge in [0.15, 0.2) is 11.6 Å². The van der Waals surface area contributed by atoms with Crippen molar-refractivity contribution < 1.29 is 13.5 Å². The normalized spacial score (nSPS) is 10.2. The molecule has 0 aliphatic rings. The molecule has 0 aromatic heterocycles. The molecule has 0 bridgehead atoms. The zero-order chi connectivity index (χ0) is 14.7. The fraction of sp³-hybridized carbons (Fsp3) is 0.0714. The maximum atomic E-state index is 13.9. The summed E-state index contributed by atoms with van der Waals surface area (Å²) < 4.78 is 32.7. The second-order valence-electron chi connectivity index (χ2n) is 4.01. The van der Waals surface area contributed by atoms with Crippen LogP contribution < -0.4 is 15.8 Å². The number of methoxy groups -OCH3 is 1. The van der Waals surface area contributed by atoms with Crippen LogP contribution in [0.5, 0.6) is 5.75 Å². The highest BCUT2D eigenvalue weighted by Gasteiger charge is 2.15. The van der Waals surface area contributed by atoms with Gasteiger partial charge in [-0.3, -0.25) is 0 Å². The smallest absolute Gasteiger partial charge is 0.182 e. The van der Waals surface area contributed by atoms with E-state index in [0.29, 0.717) is 11.4 Å². The lowest BCUT2D eigenvalue weighted by molar-refractivity contribution is 0.415. The Morgan fingerprint density at radius 1 is 1.20 bits per heavy atom. The van der Waals surface area contributed by atoms with Gasteiger partial charge in [-0.1, -0.05) is 18.3 Å². The van der Waals surface area contributed by atoms with Gasteiger partial charge >= 0.3 is 0 Å². The highest BCUT2D eigenvalue weighted by atomic mass is 32.1. The molecule has 3 nitrogen and oxygen atoms in total. The van der Waals surface area contributed by atoms with E-state index in [1.54, 1.807) is 24.3 Å². The van der Waals surface area contributed by atoms with Gasteiger partial charge in [0.25, 0.3) is 0 Å². The van der Waals surface area contributed by atoms with Crippen LogP contribution in [0.25, 0.3) is 0 Å². The number of rotatable bonds is 4. The van der Waals surface area contributed by atoms with Crippen molar-refractivity contribution in [3.63, 3.8) is 0 Å². The Bertz CT molecular complexity index is 662. The van der Waals surface area contributed by atoms with E-state index in [4.69, 9.17) is 10.5 Å². The first kappa shape index (κ1) is 14.2. The average molecular weight is 294 g/mol. The Labute approximate surface area is 120 Å². The molecular weight excluding hydrogens is 282 g/mol. The van der Waals surface area contributed by atoms with Gasteiger partial charge in [-0.15, -0.1) is 0 Å². The van der Waals surface area contributed by atoms with Crippen LogP contribution in [0, 0.1) is 11.6 Å². The molecule has 0 saturated heterocycles. The number of hydrogen-bond acceptors (Lipinski definition) is 3. The van der Waals surface area contributed by atoms with Crippen LogP contribution in [-0.4, -0.2) is 12.1 Å². The molecule has 2 aromatic carbocycles. The molecule has 0 spiro atoms. The number of thiocarbonyl (C=S) groups is 1. The number of nitrogens with two attached hydrogens (primary N) is 1. The molecule has 104 valence electrons. The SMILES string of the molecule is COc1cccc(Nc2ccc(C(N)=S)c(F)c2F)c1. The molecule has 0 unspecified atom stereocenters.